The van der Waals surface area contributed by atoms with Crippen molar-refractivity contribution < 1.29 is 19.1 Å². The summed E-state index contributed by atoms with van der Waals surface area (Å²) in [7, 11) is 0. The lowest BCUT2D eigenvalue weighted by molar-refractivity contribution is -0.122. The largest absolute Gasteiger partial charge is 0.490 e. The number of rotatable bonds is 7. The number of anilines is 1. The molecule has 8 heteroatoms. The molecule has 3 rings (SSSR count). The van der Waals surface area contributed by atoms with E-state index in [0.717, 1.165) is 12.0 Å². The number of carbonyl (C=O) groups is 2. The fraction of sp³-hybridized carbons (Fsp3) is 0.208. The monoisotopic (exact) mass is 512 g/mol. The summed E-state index contributed by atoms with van der Waals surface area (Å²) in [6.07, 6.45) is 7.65. The van der Waals surface area contributed by atoms with Crippen LogP contribution in [0.1, 0.15) is 25.0 Å². The maximum Gasteiger partial charge on any atom is 0.270 e. The van der Waals surface area contributed by atoms with Crippen molar-refractivity contribution in [3.8, 4) is 23.8 Å². The van der Waals surface area contributed by atoms with Crippen LogP contribution in [0.2, 0.25) is 0 Å². The van der Waals surface area contributed by atoms with Gasteiger partial charge in [0.05, 0.1) is 16.8 Å². The molecule has 0 spiro atoms. The highest BCUT2D eigenvalue weighted by molar-refractivity contribution is 9.10. The number of halogens is 1. The highest BCUT2D eigenvalue weighted by Gasteiger charge is 2.34. The van der Waals surface area contributed by atoms with Crippen LogP contribution in [-0.2, 0) is 16.0 Å². The normalized spacial score (nSPS) is 14.9. The van der Waals surface area contributed by atoms with Gasteiger partial charge in [-0.15, -0.1) is 6.42 Å². The van der Waals surface area contributed by atoms with Crippen LogP contribution < -0.4 is 19.7 Å². The molecule has 1 aliphatic rings. The van der Waals surface area contributed by atoms with E-state index in [4.69, 9.17) is 28.1 Å². The van der Waals surface area contributed by atoms with Crippen LogP contribution in [0.15, 0.2) is 46.4 Å². The number of ether oxygens (including phenoxy) is 2. The number of nitrogens with zero attached hydrogens (tertiary/aromatic N) is 1. The SMILES string of the molecule is C#CCOc1c(Br)cc(/C=C2\C(=O)NC(=S)N(c3ccc(CC)cc3)C2=O)cc1OCC. The van der Waals surface area contributed by atoms with Gasteiger partial charge in [-0.05, 0) is 83.0 Å². The van der Waals surface area contributed by atoms with Gasteiger partial charge in [-0.3, -0.25) is 19.8 Å². The van der Waals surface area contributed by atoms with E-state index in [2.05, 4.69) is 27.2 Å². The van der Waals surface area contributed by atoms with Crippen LogP contribution in [-0.4, -0.2) is 30.1 Å². The highest BCUT2D eigenvalue weighted by atomic mass is 79.9. The van der Waals surface area contributed by atoms with Crippen molar-refractivity contribution in [3.05, 3.63) is 57.6 Å². The molecule has 6 nitrogen and oxygen atoms in total. The number of benzene rings is 2. The Bertz CT molecular complexity index is 1140. The number of carbonyl (C=O) groups excluding carboxylic acids is 2. The molecule has 1 saturated heterocycles. The lowest BCUT2D eigenvalue weighted by atomic mass is 10.1. The molecule has 2 amide bonds. The second-order valence-electron chi connectivity index (χ2n) is 6.73. The molecule has 2 aromatic carbocycles. The van der Waals surface area contributed by atoms with Crippen molar-refractivity contribution in [2.24, 2.45) is 0 Å². The first-order chi connectivity index (χ1) is 15.4. The molecule has 0 unspecified atom stereocenters. The molecule has 0 atom stereocenters. The third-order valence-corrected chi connectivity index (χ3v) is 5.52. The van der Waals surface area contributed by atoms with Crippen molar-refractivity contribution in [3.63, 3.8) is 0 Å². The van der Waals surface area contributed by atoms with Gasteiger partial charge in [0.2, 0.25) is 0 Å². The fourth-order valence-electron chi connectivity index (χ4n) is 3.13. The number of hydrogen-bond donors (Lipinski definition) is 1. The third kappa shape index (κ3) is 5.01. The summed E-state index contributed by atoms with van der Waals surface area (Å²) in [5, 5.41) is 2.63. The molecular weight excluding hydrogens is 492 g/mol. The van der Waals surface area contributed by atoms with Gasteiger partial charge in [-0.2, -0.15) is 0 Å². The minimum Gasteiger partial charge on any atom is -0.490 e. The van der Waals surface area contributed by atoms with Crippen LogP contribution in [0.3, 0.4) is 0 Å². The first kappa shape index (κ1) is 23.5. The Kier molecular flexibility index (Phi) is 7.67. The van der Waals surface area contributed by atoms with E-state index in [1.165, 1.54) is 11.0 Å². The smallest absolute Gasteiger partial charge is 0.270 e. The van der Waals surface area contributed by atoms with E-state index in [-0.39, 0.29) is 17.3 Å². The Hall–Kier alpha value is -3.15. The van der Waals surface area contributed by atoms with Gasteiger partial charge in [0.15, 0.2) is 16.6 Å². The van der Waals surface area contributed by atoms with E-state index in [9.17, 15) is 9.59 Å². The summed E-state index contributed by atoms with van der Waals surface area (Å²) in [6, 6.07) is 10.9. The average Bonchev–Trinajstić information content (AvgIpc) is 2.76. The van der Waals surface area contributed by atoms with Gasteiger partial charge in [0, 0.05) is 0 Å². The van der Waals surface area contributed by atoms with Crippen LogP contribution in [0.4, 0.5) is 5.69 Å². The Balaban J connectivity index is 2.00. The van der Waals surface area contributed by atoms with E-state index >= 15 is 0 Å². The molecule has 0 saturated carbocycles. The number of nitrogens with one attached hydrogen (secondary N) is 1. The predicted molar refractivity (Wildman–Crippen MR) is 132 cm³/mol. The quantitative estimate of drug-likeness (QED) is 0.260. The standard InChI is InChI=1S/C24H21BrN2O4S/c1-4-11-31-21-19(25)13-16(14-20(21)30-6-3)12-18-22(28)26-24(32)27(23(18)29)17-9-7-15(5-2)8-10-17/h1,7-10,12-14H,5-6,11H2,2-3H3,(H,26,28,32)/b18-12+. The number of amides is 2. The van der Waals surface area contributed by atoms with Crippen molar-refractivity contribution in [1.29, 1.82) is 0 Å². The molecule has 1 fully saturated rings. The topological polar surface area (TPSA) is 67.9 Å². The number of hydrogen-bond acceptors (Lipinski definition) is 5. The maximum absolute atomic E-state index is 13.2. The molecule has 1 heterocycles. The van der Waals surface area contributed by atoms with Crippen LogP contribution in [0.5, 0.6) is 11.5 Å². The van der Waals surface area contributed by atoms with Gasteiger partial charge in [-0.25, -0.2) is 0 Å². The van der Waals surface area contributed by atoms with Crippen LogP contribution in [0.25, 0.3) is 6.08 Å². The van der Waals surface area contributed by atoms with Gasteiger partial charge in [-0.1, -0.05) is 25.0 Å². The van der Waals surface area contributed by atoms with Gasteiger partial charge in [0.1, 0.15) is 12.2 Å². The summed E-state index contributed by atoms with van der Waals surface area (Å²) < 4.78 is 11.8. The van der Waals surface area contributed by atoms with Gasteiger partial charge < -0.3 is 9.47 Å². The molecule has 2 aromatic rings. The van der Waals surface area contributed by atoms with E-state index in [0.29, 0.717) is 33.8 Å². The molecule has 32 heavy (non-hydrogen) atoms. The molecule has 1 aliphatic heterocycles. The second kappa shape index (κ2) is 10.4. The minimum absolute atomic E-state index is 0.0376. The summed E-state index contributed by atoms with van der Waals surface area (Å²) in [5.41, 5.74) is 2.23. The van der Waals surface area contributed by atoms with Gasteiger partial charge in [0.25, 0.3) is 11.8 Å². The Morgan fingerprint density at radius 1 is 1.19 bits per heavy atom. The molecule has 1 N–H and O–H groups in total. The molecule has 0 bridgehead atoms. The lowest BCUT2D eigenvalue weighted by Gasteiger charge is -2.29. The molecule has 0 aromatic heterocycles. The van der Waals surface area contributed by atoms with Crippen LogP contribution in [0, 0.1) is 12.3 Å². The Labute approximate surface area is 200 Å². The van der Waals surface area contributed by atoms with Crippen molar-refractivity contribution >= 4 is 56.8 Å². The Morgan fingerprint density at radius 2 is 1.91 bits per heavy atom. The zero-order valence-corrected chi connectivity index (χ0v) is 20.0. The summed E-state index contributed by atoms with van der Waals surface area (Å²) in [6.45, 7) is 4.35. The predicted octanol–water partition coefficient (Wildman–Crippen LogP) is 4.25. The number of thiocarbonyl (C=S) groups is 1. The van der Waals surface area contributed by atoms with Gasteiger partial charge >= 0.3 is 0 Å². The minimum atomic E-state index is -0.567. The van der Waals surface area contributed by atoms with E-state index in [1.807, 2.05) is 26.0 Å². The maximum atomic E-state index is 13.2. The number of terminal acetylenes is 1. The third-order valence-electron chi connectivity index (χ3n) is 4.65. The van der Waals surface area contributed by atoms with Crippen molar-refractivity contribution in [2.45, 2.75) is 20.3 Å². The first-order valence-electron chi connectivity index (χ1n) is 9.92. The summed E-state index contributed by atoms with van der Waals surface area (Å²) in [5.74, 6) is 2.22. The average molecular weight is 513 g/mol. The van der Waals surface area contributed by atoms with E-state index in [1.54, 1.807) is 24.3 Å². The zero-order valence-electron chi connectivity index (χ0n) is 17.6. The summed E-state index contributed by atoms with van der Waals surface area (Å²) >= 11 is 8.71. The Morgan fingerprint density at radius 3 is 2.53 bits per heavy atom. The van der Waals surface area contributed by atoms with Crippen molar-refractivity contribution in [2.75, 3.05) is 18.1 Å². The van der Waals surface area contributed by atoms with Crippen LogP contribution >= 0.6 is 28.1 Å². The first-order valence-corrected chi connectivity index (χ1v) is 11.1. The molecular formula is C24H21BrN2O4S. The zero-order chi connectivity index (χ0) is 23.3. The highest BCUT2D eigenvalue weighted by Crippen LogP contribution is 2.37. The van der Waals surface area contributed by atoms with E-state index < -0.39 is 11.8 Å². The molecule has 0 radical (unpaired) electrons. The summed E-state index contributed by atoms with van der Waals surface area (Å²) in [4.78, 5) is 27.1. The number of aryl methyl sites for hydroxylation is 1. The molecule has 0 aliphatic carbocycles. The lowest BCUT2D eigenvalue weighted by Crippen LogP contribution is -2.54. The molecule has 164 valence electrons. The fourth-order valence-corrected chi connectivity index (χ4v) is 3.98. The van der Waals surface area contributed by atoms with Crippen molar-refractivity contribution in [1.82, 2.24) is 5.32 Å². The second-order valence-corrected chi connectivity index (χ2v) is 7.97.